The van der Waals surface area contributed by atoms with Gasteiger partial charge in [-0.05, 0) is 49.2 Å². The van der Waals surface area contributed by atoms with Gasteiger partial charge < -0.3 is 9.73 Å². The second-order valence-corrected chi connectivity index (χ2v) is 4.44. The number of anilines is 1. The molecule has 0 unspecified atom stereocenters. The fourth-order valence-electron chi connectivity index (χ4n) is 1.68. The average Bonchev–Trinajstić information content (AvgIpc) is 2.93. The molecule has 2 aromatic rings. The highest BCUT2D eigenvalue weighted by Gasteiger charge is 2.10. The van der Waals surface area contributed by atoms with Crippen molar-refractivity contribution < 1.29 is 9.21 Å². The summed E-state index contributed by atoms with van der Waals surface area (Å²) < 4.78 is 5.09. The maximum absolute atomic E-state index is 12.0. The number of amides is 1. The van der Waals surface area contributed by atoms with Crippen LogP contribution in [0.2, 0.25) is 0 Å². The van der Waals surface area contributed by atoms with Crippen LogP contribution < -0.4 is 5.32 Å². The monoisotopic (exact) mass is 266 g/mol. The highest BCUT2D eigenvalue weighted by Crippen LogP contribution is 2.15. The van der Waals surface area contributed by atoms with E-state index in [0.29, 0.717) is 11.4 Å². The van der Waals surface area contributed by atoms with E-state index in [9.17, 15) is 4.79 Å². The molecule has 0 atom stereocenters. The van der Waals surface area contributed by atoms with Gasteiger partial charge in [0, 0.05) is 11.8 Å². The van der Waals surface area contributed by atoms with Crippen molar-refractivity contribution >= 4 is 17.7 Å². The van der Waals surface area contributed by atoms with Gasteiger partial charge in [0.25, 0.3) is 5.91 Å². The molecule has 0 aliphatic rings. The summed E-state index contributed by atoms with van der Waals surface area (Å²) >= 11 is 0. The molecule has 1 heterocycles. The molecule has 0 spiro atoms. The SMILES string of the molecule is Cc1ccc(NC(=O)C(C#N)=Cc2ccco2)cc1C. The highest BCUT2D eigenvalue weighted by atomic mass is 16.3. The van der Waals surface area contributed by atoms with Crippen molar-refractivity contribution in [3.63, 3.8) is 0 Å². The summed E-state index contributed by atoms with van der Waals surface area (Å²) in [7, 11) is 0. The summed E-state index contributed by atoms with van der Waals surface area (Å²) in [6.45, 7) is 3.97. The predicted octanol–water partition coefficient (Wildman–Crippen LogP) is 3.44. The van der Waals surface area contributed by atoms with Crippen molar-refractivity contribution in [1.29, 1.82) is 5.26 Å². The number of nitriles is 1. The Morgan fingerprint density at radius 2 is 2.10 bits per heavy atom. The van der Waals surface area contributed by atoms with Gasteiger partial charge in [-0.25, -0.2) is 0 Å². The van der Waals surface area contributed by atoms with Crippen LogP contribution in [0, 0.1) is 25.2 Å². The Morgan fingerprint density at radius 3 is 2.70 bits per heavy atom. The first-order chi connectivity index (χ1) is 9.60. The Balaban J connectivity index is 2.18. The minimum atomic E-state index is -0.452. The van der Waals surface area contributed by atoms with Gasteiger partial charge in [0.2, 0.25) is 0 Å². The van der Waals surface area contributed by atoms with Crippen LogP contribution in [0.3, 0.4) is 0 Å². The molecule has 100 valence electrons. The lowest BCUT2D eigenvalue weighted by molar-refractivity contribution is -0.112. The van der Waals surface area contributed by atoms with Gasteiger partial charge in [0.15, 0.2) is 0 Å². The summed E-state index contributed by atoms with van der Waals surface area (Å²) in [6, 6.07) is 10.9. The third kappa shape index (κ3) is 3.15. The third-order valence-electron chi connectivity index (χ3n) is 2.96. The third-order valence-corrected chi connectivity index (χ3v) is 2.96. The van der Waals surface area contributed by atoms with Crippen LogP contribution in [-0.4, -0.2) is 5.91 Å². The zero-order chi connectivity index (χ0) is 14.5. The maximum Gasteiger partial charge on any atom is 0.266 e. The average molecular weight is 266 g/mol. The van der Waals surface area contributed by atoms with Gasteiger partial charge in [0.1, 0.15) is 17.4 Å². The lowest BCUT2D eigenvalue weighted by Crippen LogP contribution is -2.13. The van der Waals surface area contributed by atoms with Crippen LogP contribution in [0.25, 0.3) is 6.08 Å². The normalized spacial score (nSPS) is 10.9. The van der Waals surface area contributed by atoms with E-state index in [1.165, 1.54) is 12.3 Å². The molecule has 4 nitrogen and oxygen atoms in total. The number of nitrogens with one attached hydrogen (secondary N) is 1. The maximum atomic E-state index is 12.0. The van der Waals surface area contributed by atoms with E-state index >= 15 is 0 Å². The standard InChI is InChI=1S/C16H14N2O2/c1-11-5-6-14(8-12(11)2)18-16(19)13(10-17)9-15-4-3-7-20-15/h3-9H,1-2H3,(H,18,19). The number of hydrogen-bond acceptors (Lipinski definition) is 3. The lowest BCUT2D eigenvalue weighted by Gasteiger charge is -2.06. The van der Waals surface area contributed by atoms with Crippen LogP contribution in [0.15, 0.2) is 46.6 Å². The van der Waals surface area contributed by atoms with E-state index < -0.39 is 5.91 Å². The Labute approximate surface area is 117 Å². The Morgan fingerprint density at radius 1 is 1.30 bits per heavy atom. The van der Waals surface area contributed by atoms with Crippen molar-refractivity contribution in [2.75, 3.05) is 5.32 Å². The van der Waals surface area contributed by atoms with Crippen LogP contribution in [0.5, 0.6) is 0 Å². The van der Waals surface area contributed by atoms with Crippen molar-refractivity contribution in [3.8, 4) is 6.07 Å². The molecule has 0 radical (unpaired) electrons. The molecule has 2 rings (SSSR count). The van der Waals surface area contributed by atoms with Gasteiger partial charge in [-0.1, -0.05) is 6.07 Å². The lowest BCUT2D eigenvalue weighted by atomic mass is 10.1. The Bertz CT molecular complexity index is 692. The number of rotatable bonds is 3. The van der Waals surface area contributed by atoms with Gasteiger partial charge >= 0.3 is 0 Å². The minimum absolute atomic E-state index is 0.00169. The van der Waals surface area contributed by atoms with Crippen LogP contribution in [-0.2, 0) is 4.79 Å². The van der Waals surface area contributed by atoms with Crippen LogP contribution in [0.1, 0.15) is 16.9 Å². The molecule has 1 N–H and O–H groups in total. The number of furan rings is 1. The van der Waals surface area contributed by atoms with Crippen LogP contribution >= 0.6 is 0 Å². The number of benzene rings is 1. The van der Waals surface area contributed by atoms with E-state index in [0.717, 1.165) is 11.1 Å². The quantitative estimate of drug-likeness (QED) is 0.683. The van der Waals surface area contributed by atoms with E-state index in [1.54, 1.807) is 12.1 Å². The van der Waals surface area contributed by atoms with Crippen LogP contribution in [0.4, 0.5) is 5.69 Å². The van der Waals surface area contributed by atoms with E-state index in [1.807, 2.05) is 38.1 Å². The van der Waals surface area contributed by atoms with Crippen molar-refractivity contribution in [2.24, 2.45) is 0 Å². The summed E-state index contributed by atoms with van der Waals surface area (Å²) in [5, 5.41) is 11.8. The smallest absolute Gasteiger partial charge is 0.266 e. The number of carbonyl (C=O) groups excluding carboxylic acids is 1. The molecular formula is C16H14N2O2. The summed E-state index contributed by atoms with van der Waals surface area (Å²) in [5.74, 6) is 0.0175. The number of nitrogens with zero attached hydrogens (tertiary/aromatic N) is 1. The van der Waals surface area contributed by atoms with Crippen molar-refractivity contribution in [2.45, 2.75) is 13.8 Å². The molecule has 0 bridgehead atoms. The zero-order valence-electron chi connectivity index (χ0n) is 11.3. The molecular weight excluding hydrogens is 252 g/mol. The second-order valence-electron chi connectivity index (χ2n) is 4.44. The molecule has 1 amide bonds. The fourth-order valence-corrected chi connectivity index (χ4v) is 1.68. The largest absolute Gasteiger partial charge is 0.465 e. The summed E-state index contributed by atoms with van der Waals surface area (Å²) in [4.78, 5) is 12.0. The number of aryl methyl sites for hydroxylation is 2. The first-order valence-corrected chi connectivity index (χ1v) is 6.14. The minimum Gasteiger partial charge on any atom is -0.465 e. The molecule has 0 saturated carbocycles. The highest BCUT2D eigenvalue weighted by molar-refractivity contribution is 6.09. The zero-order valence-corrected chi connectivity index (χ0v) is 11.3. The molecule has 1 aromatic carbocycles. The van der Waals surface area contributed by atoms with Gasteiger partial charge in [0.05, 0.1) is 6.26 Å². The van der Waals surface area contributed by atoms with E-state index in [4.69, 9.17) is 9.68 Å². The molecule has 20 heavy (non-hydrogen) atoms. The van der Waals surface area contributed by atoms with Crippen molar-refractivity contribution in [3.05, 3.63) is 59.1 Å². The van der Waals surface area contributed by atoms with Gasteiger partial charge in [-0.2, -0.15) is 5.26 Å². The molecule has 0 saturated heterocycles. The Hall–Kier alpha value is -2.80. The molecule has 0 aliphatic heterocycles. The molecule has 4 heteroatoms. The van der Waals surface area contributed by atoms with E-state index in [2.05, 4.69) is 5.32 Å². The van der Waals surface area contributed by atoms with Gasteiger partial charge in [-0.3, -0.25) is 4.79 Å². The fraction of sp³-hybridized carbons (Fsp3) is 0.125. The summed E-state index contributed by atoms with van der Waals surface area (Å²) in [6.07, 6.45) is 2.90. The first-order valence-electron chi connectivity index (χ1n) is 6.14. The molecule has 1 aromatic heterocycles. The van der Waals surface area contributed by atoms with Crippen molar-refractivity contribution in [1.82, 2.24) is 0 Å². The second kappa shape index (κ2) is 5.89. The number of carbonyl (C=O) groups is 1. The topological polar surface area (TPSA) is 66.0 Å². The number of hydrogen-bond donors (Lipinski definition) is 1. The molecule has 0 aliphatic carbocycles. The first kappa shape index (κ1) is 13.6. The van der Waals surface area contributed by atoms with E-state index in [-0.39, 0.29) is 5.57 Å². The Kier molecular flexibility index (Phi) is 4.02. The van der Waals surface area contributed by atoms with Gasteiger partial charge in [-0.15, -0.1) is 0 Å². The predicted molar refractivity (Wildman–Crippen MR) is 76.8 cm³/mol. The molecule has 0 fully saturated rings. The summed E-state index contributed by atoms with van der Waals surface area (Å²) in [5.41, 5.74) is 2.89.